The average Bonchev–Trinajstić information content (AvgIpc) is 2.39. The van der Waals surface area contributed by atoms with Gasteiger partial charge in [0.05, 0.1) is 6.54 Å². The van der Waals surface area contributed by atoms with E-state index < -0.39 is 0 Å². The van der Waals surface area contributed by atoms with Gasteiger partial charge in [-0.05, 0) is 12.1 Å². The van der Waals surface area contributed by atoms with E-state index in [4.69, 9.17) is 11.5 Å². The summed E-state index contributed by atoms with van der Waals surface area (Å²) in [6.45, 7) is 1.46. The summed E-state index contributed by atoms with van der Waals surface area (Å²) >= 11 is 0. The second kappa shape index (κ2) is 3.65. The molecule has 60 valence electrons. The predicted octanol–water partition coefficient (Wildman–Crippen LogP) is -0.238. The number of hydrogen-bond donors (Lipinski definition) is 2. The van der Waals surface area contributed by atoms with Crippen LogP contribution in [-0.2, 0) is 6.54 Å². The summed E-state index contributed by atoms with van der Waals surface area (Å²) < 4.78 is 2.02. The fourth-order valence-corrected chi connectivity index (χ4v) is 0.814. The topological polar surface area (TPSA) is 69.3 Å². The molecule has 0 saturated heterocycles. The number of guanidine groups is 1. The third kappa shape index (κ3) is 2.75. The van der Waals surface area contributed by atoms with E-state index in [9.17, 15) is 0 Å². The van der Waals surface area contributed by atoms with Crippen LogP contribution in [0, 0.1) is 0 Å². The molecule has 4 N–H and O–H groups in total. The number of nitrogens with zero attached hydrogens (tertiary/aromatic N) is 2. The van der Waals surface area contributed by atoms with Gasteiger partial charge in [0.1, 0.15) is 0 Å². The maximum Gasteiger partial charge on any atom is 0.185 e. The minimum absolute atomic E-state index is 0.150. The molecule has 1 aromatic heterocycles. The van der Waals surface area contributed by atoms with E-state index in [2.05, 4.69) is 4.99 Å². The van der Waals surface area contributed by atoms with E-state index in [1.54, 1.807) is 0 Å². The van der Waals surface area contributed by atoms with E-state index in [1.807, 2.05) is 29.1 Å². The number of aliphatic imine (C=N–C) groups is 1. The zero-order valence-corrected chi connectivity index (χ0v) is 6.27. The van der Waals surface area contributed by atoms with Gasteiger partial charge in [-0.2, -0.15) is 0 Å². The normalized spacial score (nSPS) is 9.45. The van der Waals surface area contributed by atoms with Crippen LogP contribution in [-0.4, -0.2) is 17.1 Å². The number of nitrogens with two attached hydrogens (primary N) is 2. The first-order valence-electron chi connectivity index (χ1n) is 3.45. The maximum absolute atomic E-state index is 5.15. The Morgan fingerprint density at radius 1 is 1.27 bits per heavy atom. The van der Waals surface area contributed by atoms with Crippen LogP contribution in [0.15, 0.2) is 29.5 Å². The van der Waals surface area contributed by atoms with Crippen molar-refractivity contribution < 1.29 is 0 Å². The van der Waals surface area contributed by atoms with Gasteiger partial charge >= 0.3 is 0 Å². The highest BCUT2D eigenvalue weighted by molar-refractivity contribution is 5.75. The summed E-state index contributed by atoms with van der Waals surface area (Å²) in [5.41, 5.74) is 10.3. The average molecular weight is 152 g/mol. The minimum Gasteiger partial charge on any atom is -0.370 e. The zero-order valence-electron chi connectivity index (χ0n) is 6.27. The third-order valence-corrected chi connectivity index (χ3v) is 1.32. The van der Waals surface area contributed by atoms with Crippen LogP contribution in [0.4, 0.5) is 0 Å². The smallest absolute Gasteiger partial charge is 0.185 e. The summed E-state index contributed by atoms with van der Waals surface area (Å²) in [6.07, 6.45) is 3.95. The Balaban J connectivity index is 2.30. The summed E-state index contributed by atoms with van der Waals surface area (Å²) in [6, 6.07) is 3.94. The molecule has 0 atom stereocenters. The van der Waals surface area contributed by atoms with E-state index in [-0.39, 0.29) is 5.96 Å². The first kappa shape index (κ1) is 7.65. The van der Waals surface area contributed by atoms with Crippen molar-refractivity contribution in [3.05, 3.63) is 24.5 Å². The molecular weight excluding hydrogens is 140 g/mol. The van der Waals surface area contributed by atoms with Crippen molar-refractivity contribution >= 4 is 5.96 Å². The number of hydrogen-bond acceptors (Lipinski definition) is 1. The largest absolute Gasteiger partial charge is 0.370 e. The van der Waals surface area contributed by atoms with Crippen LogP contribution in [0.25, 0.3) is 0 Å². The Bertz CT molecular complexity index is 221. The molecule has 0 fully saturated rings. The fourth-order valence-electron chi connectivity index (χ4n) is 0.814. The number of rotatable bonds is 3. The molecule has 4 nitrogen and oxygen atoms in total. The lowest BCUT2D eigenvalue weighted by atomic mass is 10.6. The molecule has 0 bridgehead atoms. The zero-order chi connectivity index (χ0) is 8.10. The molecule has 0 saturated carbocycles. The molecule has 1 rings (SSSR count). The molecule has 0 radical (unpaired) electrons. The highest BCUT2D eigenvalue weighted by Gasteiger charge is 1.86. The van der Waals surface area contributed by atoms with Gasteiger partial charge in [-0.15, -0.1) is 0 Å². The van der Waals surface area contributed by atoms with E-state index in [0.29, 0.717) is 6.54 Å². The molecule has 0 aromatic carbocycles. The molecule has 1 aromatic rings. The Morgan fingerprint density at radius 3 is 2.45 bits per heavy atom. The van der Waals surface area contributed by atoms with E-state index in [1.165, 1.54) is 0 Å². The summed E-state index contributed by atoms with van der Waals surface area (Å²) in [5, 5.41) is 0. The van der Waals surface area contributed by atoms with Crippen LogP contribution in [0.2, 0.25) is 0 Å². The summed E-state index contributed by atoms with van der Waals surface area (Å²) in [4.78, 5) is 3.85. The molecule has 0 amide bonds. The van der Waals surface area contributed by atoms with Gasteiger partial charge in [-0.1, -0.05) is 0 Å². The quantitative estimate of drug-likeness (QED) is 0.463. The predicted molar refractivity (Wildman–Crippen MR) is 45.1 cm³/mol. The van der Waals surface area contributed by atoms with Crippen molar-refractivity contribution in [2.75, 3.05) is 6.54 Å². The van der Waals surface area contributed by atoms with Crippen molar-refractivity contribution in [1.29, 1.82) is 0 Å². The van der Waals surface area contributed by atoms with Gasteiger partial charge in [-0.25, -0.2) is 0 Å². The van der Waals surface area contributed by atoms with E-state index >= 15 is 0 Å². The first-order chi connectivity index (χ1) is 5.29. The molecule has 4 heteroatoms. The molecule has 0 spiro atoms. The maximum atomic E-state index is 5.15. The summed E-state index contributed by atoms with van der Waals surface area (Å²) in [7, 11) is 0. The monoisotopic (exact) mass is 152 g/mol. The van der Waals surface area contributed by atoms with Crippen molar-refractivity contribution in [3.8, 4) is 0 Å². The molecule has 0 aliphatic carbocycles. The molecule has 0 aliphatic heterocycles. The first-order valence-corrected chi connectivity index (χ1v) is 3.45. The van der Waals surface area contributed by atoms with Crippen molar-refractivity contribution in [3.63, 3.8) is 0 Å². The molecule has 0 aliphatic rings. The lowest BCUT2D eigenvalue weighted by Crippen LogP contribution is -2.23. The van der Waals surface area contributed by atoms with Crippen LogP contribution < -0.4 is 11.5 Å². The fraction of sp³-hybridized carbons (Fsp3) is 0.286. The van der Waals surface area contributed by atoms with Gasteiger partial charge < -0.3 is 16.0 Å². The Labute approximate surface area is 65.5 Å². The van der Waals surface area contributed by atoms with Gasteiger partial charge in [0, 0.05) is 18.9 Å². The molecular formula is C7H12N4. The minimum atomic E-state index is 0.150. The van der Waals surface area contributed by atoms with Gasteiger partial charge in [0.25, 0.3) is 0 Å². The van der Waals surface area contributed by atoms with Crippen LogP contribution in [0.1, 0.15) is 0 Å². The second-order valence-corrected chi connectivity index (χ2v) is 2.23. The summed E-state index contributed by atoms with van der Waals surface area (Å²) in [5.74, 6) is 0.150. The van der Waals surface area contributed by atoms with Gasteiger partial charge in [-0.3, -0.25) is 4.99 Å². The molecule has 11 heavy (non-hydrogen) atoms. The van der Waals surface area contributed by atoms with Crippen LogP contribution in [0.3, 0.4) is 0 Å². The molecule has 1 heterocycles. The number of aromatic nitrogens is 1. The third-order valence-electron chi connectivity index (χ3n) is 1.32. The van der Waals surface area contributed by atoms with Crippen molar-refractivity contribution in [2.24, 2.45) is 16.5 Å². The van der Waals surface area contributed by atoms with Crippen molar-refractivity contribution in [2.45, 2.75) is 6.54 Å². The van der Waals surface area contributed by atoms with Crippen molar-refractivity contribution in [1.82, 2.24) is 4.57 Å². The van der Waals surface area contributed by atoms with E-state index in [0.717, 1.165) is 6.54 Å². The SMILES string of the molecule is NC(N)=NCCn1cccc1. The highest BCUT2D eigenvalue weighted by Crippen LogP contribution is 1.88. The van der Waals surface area contributed by atoms with Crippen LogP contribution >= 0.6 is 0 Å². The Kier molecular flexibility index (Phi) is 2.54. The van der Waals surface area contributed by atoms with Gasteiger partial charge in [0.15, 0.2) is 5.96 Å². The second-order valence-electron chi connectivity index (χ2n) is 2.23. The molecule has 0 unspecified atom stereocenters. The standard InChI is InChI=1S/C7H12N4/c8-7(9)10-3-6-11-4-1-2-5-11/h1-2,4-5H,3,6H2,(H4,8,9,10). The Hall–Kier alpha value is -1.45. The lowest BCUT2D eigenvalue weighted by molar-refractivity contribution is 0.713. The lowest BCUT2D eigenvalue weighted by Gasteiger charge is -1.97. The van der Waals surface area contributed by atoms with Crippen LogP contribution in [0.5, 0.6) is 0 Å². The Morgan fingerprint density at radius 2 is 1.91 bits per heavy atom. The van der Waals surface area contributed by atoms with Gasteiger partial charge in [0.2, 0.25) is 0 Å². The highest BCUT2D eigenvalue weighted by atomic mass is 15.0.